The molecule has 0 unspecified atom stereocenters. The molecule has 31 heavy (non-hydrogen) atoms. The average Bonchev–Trinajstić information content (AvgIpc) is 2.80. The second-order valence-electron chi connectivity index (χ2n) is 7.49. The number of aromatic amines is 1. The lowest BCUT2D eigenvalue weighted by molar-refractivity contribution is 0.356. The van der Waals surface area contributed by atoms with Crippen molar-refractivity contribution in [2.24, 2.45) is 0 Å². The number of aryl methyl sites for hydroxylation is 1. The summed E-state index contributed by atoms with van der Waals surface area (Å²) in [6.07, 6.45) is 3.97. The lowest BCUT2D eigenvalue weighted by Gasteiger charge is -2.15. The van der Waals surface area contributed by atoms with Gasteiger partial charge >= 0.3 is 0 Å². The Morgan fingerprint density at radius 1 is 0.935 bits per heavy atom. The van der Waals surface area contributed by atoms with Gasteiger partial charge in [-0.3, -0.25) is 9.78 Å². The fourth-order valence-electron chi connectivity index (χ4n) is 3.99. The van der Waals surface area contributed by atoms with Crippen molar-refractivity contribution in [3.63, 3.8) is 0 Å². The number of ether oxygens (including phenoxy) is 3. The maximum absolute atomic E-state index is 13.1. The molecule has 2 heterocycles. The number of benzene rings is 2. The number of aromatic nitrogens is 2. The van der Waals surface area contributed by atoms with E-state index in [0.29, 0.717) is 23.5 Å². The molecule has 0 amide bonds. The van der Waals surface area contributed by atoms with E-state index in [1.54, 1.807) is 21.3 Å². The number of H-pyrrole nitrogens is 1. The standard InChI is InChI=1S/C25H26N2O4/c1-5-6-22-19-13-24(31-4)23(30-3)12-18(19)20(25(28)27-22)10-15-9-16-11-17(29-2)7-8-21(16)26-14-15/h7-9,11-14H,5-6,10H2,1-4H3,(H,27,28). The minimum Gasteiger partial charge on any atom is -0.497 e. The molecule has 6 heteroatoms. The third-order valence-electron chi connectivity index (χ3n) is 5.54. The predicted octanol–water partition coefficient (Wildman–Crippen LogP) is 4.65. The molecule has 4 rings (SSSR count). The second kappa shape index (κ2) is 8.68. The quantitative estimate of drug-likeness (QED) is 0.473. The Bertz CT molecular complexity index is 1310. The summed E-state index contributed by atoms with van der Waals surface area (Å²) in [6.45, 7) is 2.09. The van der Waals surface area contributed by atoms with Crippen molar-refractivity contribution in [2.75, 3.05) is 21.3 Å². The van der Waals surface area contributed by atoms with Crippen LogP contribution in [0.25, 0.3) is 21.7 Å². The molecule has 2 aromatic heterocycles. The van der Waals surface area contributed by atoms with Crippen molar-refractivity contribution < 1.29 is 14.2 Å². The molecule has 0 aliphatic carbocycles. The van der Waals surface area contributed by atoms with Crippen LogP contribution in [-0.4, -0.2) is 31.3 Å². The first kappa shape index (κ1) is 20.7. The van der Waals surface area contributed by atoms with E-state index in [0.717, 1.165) is 51.5 Å². The van der Waals surface area contributed by atoms with Crippen molar-refractivity contribution in [2.45, 2.75) is 26.2 Å². The topological polar surface area (TPSA) is 73.4 Å². The van der Waals surface area contributed by atoms with Crippen molar-refractivity contribution in [1.29, 1.82) is 0 Å². The maximum Gasteiger partial charge on any atom is 0.252 e. The van der Waals surface area contributed by atoms with Crippen LogP contribution in [0.2, 0.25) is 0 Å². The Hall–Kier alpha value is -3.54. The van der Waals surface area contributed by atoms with Gasteiger partial charge in [-0.2, -0.15) is 0 Å². The number of rotatable bonds is 7. The summed E-state index contributed by atoms with van der Waals surface area (Å²) in [4.78, 5) is 20.7. The molecule has 160 valence electrons. The normalized spacial score (nSPS) is 11.1. The first-order valence-electron chi connectivity index (χ1n) is 10.3. The van der Waals surface area contributed by atoms with Gasteiger partial charge in [-0.1, -0.05) is 13.3 Å². The van der Waals surface area contributed by atoms with Gasteiger partial charge in [0.2, 0.25) is 0 Å². The van der Waals surface area contributed by atoms with E-state index in [2.05, 4.69) is 23.0 Å². The van der Waals surface area contributed by atoms with E-state index < -0.39 is 0 Å². The highest BCUT2D eigenvalue weighted by Gasteiger charge is 2.16. The van der Waals surface area contributed by atoms with Crippen LogP contribution in [0, 0.1) is 0 Å². The molecular formula is C25H26N2O4. The molecular weight excluding hydrogens is 392 g/mol. The maximum atomic E-state index is 13.1. The number of nitrogens with zero attached hydrogens (tertiary/aromatic N) is 1. The molecule has 0 saturated carbocycles. The highest BCUT2D eigenvalue weighted by Crippen LogP contribution is 2.35. The van der Waals surface area contributed by atoms with E-state index in [9.17, 15) is 4.79 Å². The van der Waals surface area contributed by atoms with Gasteiger partial charge in [-0.25, -0.2) is 0 Å². The summed E-state index contributed by atoms with van der Waals surface area (Å²) >= 11 is 0. The van der Waals surface area contributed by atoms with Crippen molar-refractivity contribution in [3.8, 4) is 17.2 Å². The van der Waals surface area contributed by atoms with Crippen molar-refractivity contribution >= 4 is 21.7 Å². The lowest BCUT2D eigenvalue weighted by atomic mass is 9.97. The molecule has 0 atom stereocenters. The molecule has 1 N–H and O–H groups in total. The minimum absolute atomic E-state index is 0.0890. The van der Waals surface area contributed by atoms with Gasteiger partial charge in [-0.15, -0.1) is 0 Å². The number of hydrogen-bond donors (Lipinski definition) is 1. The zero-order valence-electron chi connectivity index (χ0n) is 18.2. The van der Waals surface area contributed by atoms with E-state index in [4.69, 9.17) is 14.2 Å². The van der Waals surface area contributed by atoms with Gasteiger partial charge < -0.3 is 19.2 Å². The van der Waals surface area contributed by atoms with Crippen molar-refractivity contribution in [3.05, 3.63) is 69.8 Å². The van der Waals surface area contributed by atoms with Crippen LogP contribution in [0.5, 0.6) is 17.2 Å². The first-order chi connectivity index (χ1) is 15.1. The molecule has 0 spiro atoms. The fraction of sp³-hybridized carbons (Fsp3) is 0.280. The molecule has 0 radical (unpaired) electrons. The molecule has 0 fully saturated rings. The van der Waals surface area contributed by atoms with Gasteiger partial charge in [0.05, 0.1) is 26.8 Å². The molecule has 0 saturated heterocycles. The second-order valence-corrected chi connectivity index (χ2v) is 7.49. The highest BCUT2D eigenvalue weighted by atomic mass is 16.5. The minimum atomic E-state index is -0.0890. The zero-order valence-corrected chi connectivity index (χ0v) is 18.2. The molecule has 0 bridgehead atoms. The summed E-state index contributed by atoms with van der Waals surface area (Å²) in [5, 5.41) is 2.82. The number of fused-ring (bicyclic) bond motifs is 2. The smallest absolute Gasteiger partial charge is 0.252 e. The van der Waals surface area contributed by atoms with E-state index >= 15 is 0 Å². The summed E-state index contributed by atoms with van der Waals surface area (Å²) in [5.41, 5.74) is 3.33. The zero-order chi connectivity index (χ0) is 22.0. The third kappa shape index (κ3) is 3.93. The molecule has 2 aromatic carbocycles. The molecule has 4 aromatic rings. The van der Waals surface area contributed by atoms with Crippen LogP contribution in [0.1, 0.15) is 30.2 Å². The summed E-state index contributed by atoms with van der Waals surface area (Å²) in [7, 11) is 4.86. The Labute approximate surface area is 180 Å². The SMILES string of the molecule is CCCc1[nH]c(=O)c(Cc2cnc3ccc(OC)cc3c2)c2cc(OC)c(OC)cc12. The van der Waals surface area contributed by atoms with E-state index in [1.165, 1.54) is 0 Å². The van der Waals surface area contributed by atoms with Crippen LogP contribution >= 0.6 is 0 Å². The van der Waals surface area contributed by atoms with Gasteiger partial charge in [-0.05, 0) is 53.8 Å². The number of hydrogen-bond acceptors (Lipinski definition) is 5. The largest absolute Gasteiger partial charge is 0.497 e. The Morgan fingerprint density at radius 2 is 1.68 bits per heavy atom. The van der Waals surface area contributed by atoms with E-state index in [1.807, 2.05) is 36.5 Å². The monoisotopic (exact) mass is 418 g/mol. The predicted molar refractivity (Wildman–Crippen MR) is 123 cm³/mol. The third-order valence-corrected chi connectivity index (χ3v) is 5.54. The molecule has 0 aliphatic heterocycles. The van der Waals surface area contributed by atoms with Gasteiger partial charge in [0.1, 0.15) is 5.75 Å². The first-order valence-corrected chi connectivity index (χ1v) is 10.3. The number of methoxy groups -OCH3 is 3. The Balaban J connectivity index is 1.88. The Morgan fingerprint density at radius 3 is 2.35 bits per heavy atom. The molecule has 0 aliphatic rings. The highest BCUT2D eigenvalue weighted by molar-refractivity contribution is 5.91. The summed E-state index contributed by atoms with van der Waals surface area (Å²) in [5.74, 6) is 2.02. The van der Waals surface area contributed by atoms with Crippen LogP contribution in [0.15, 0.2) is 47.4 Å². The summed E-state index contributed by atoms with van der Waals surface area (Å²) < 4.78 is 16.3. The Kier molecular flexibility index (Phi) is 5.80. The molecule has 6 nitrogen and oxygen atoms in total. The van der Waals surface area contributed by atoms with Gasteiger partial charge in [0, 0.05) is 34.6 Å². The van der Waals surface area contributed by atoms with Crippen LogP contribution < -0.4 is 19.8 Å². The lowest BCUT2D eigenvalue weighted by Crippen LogP contribution is -2.16. The van der Waals surface area contributed by atoms with Gasteiger partial charge in [0.15, 0.2) is 11.5 Å². The van der Waals surface area contributed by atoms with Crippen molar-refractivity contribution in [1.82, 2.24) is 9.97 Å². The van der Waals surface area contributed by atoms with Crippen LogP contribution in [0.3, 0.4) is 0 Å². The average molecular weight is 418 g/mol. The van der Waals surface area contributed by atoms with Crippen LogP contribution in [0.4, 0.5) is 0 Å². The van der Waals surface area contributed by atoms with E-state index in [-0.39, 0.29) is 5.56 Å². The fourth-order valence-corrected chi connectivity index (χ4v) is 3.99. The number of pyridine rings is 2. The number of nitrogens with one attached hydrogen (secondary N) is 1. The van der Waals surface area contributed by atoms with Gasteiger partial charge in [0.25, 0.3) is 5.56 Å². The van der Waals surface area contributed by atoms with Crippen LogP contribution in [-0.2, 0) is 12.8 Å². The summed E-state index contributed by atoms with van der Waals surface area (Å²) in [6, 6.07) is 11.7.